The molecule has 0 fully saturated rings. The number of carbonyl (C=O) groups is 2. The lowest BCUT2D eigenvalue weighted by molar-refractivity contribution is 0.0734. The Bertz CT molecular complexity index is 1650. The number of halogens is 1. The molecule has 0 aliphatic heterocycles. The van der Waals surface area contributed by atoms with E-state index < -0.39 is 11.9 Å². The molecule has 0 aliphatic rings. The first-order chi connectivity index (χ1) is 19.1. The minimum Gasteiger partial charge on any atom is -0.488 e. The Morgan fingerprint density at radius 3 is 2.31 bits per heavy atom. The topological polar surface area (TPSA) is 77.0 Å². The summed E-state index contributed by atoms with van der Waals surface area (Å²) in [6, 6.07) is 34.3. The largest absolute Gasteiger partial charge is 0.488 e. The summed E-state index contributed by atoms with van der Waals surface area (Å²) in [5.41, 5.74) is 4.80. The van der Waals surface area contributed by atoms with Gasteiger partial charge in [-0.2, -0.15) is 5.10 Å². The highest BCUT2D eigenvalue weighted by Crippen LogP contribution is 2.28. The van der Waals surface area contributed by atoms with Crippen molar-refractivity contribution in [1.29, 1.82) is 0 Å². The van der Waals surface area contributed by atoms with Crippen molar-refractivity contribution in [3.8, 4) is 11.5 Å². The fraction of sp³-hybridized carbons (Fsp3) is 0.0312. The van der Waals surface area contributed by atoms with Gasteiger partial charge in [0.25, 0.3) is 5.91 Å². The molecule has 5 rings (SSSR count). The molecule has 0 saturated heterocycles. The molecule has 1 N–H and O–H groups in total. The van der Waals surface area contributed by atoms with Gasteiger partial charge in [-0.25, -0.2) is 10.2 Å². The quantitative estimate of drug-likeness (QED) is 0.100. The molecule has 6 nitrogen and oxygen atoms in total. The number of ether oxygens (including phenoxy) is 2. The van der Waals surface area contributed by atoms with E-state index in [-0.39, 0.29) is 0 Å². The molecule has 5 aromatic carbocycles. The number of fused-ring (bicyclic) bond motifs is 1. The molecule has 1 amide bonds. The number of hydrogen-bond acceptors (Lipinski definition) is 5. The average molecular weight is 535 g/mol. The maximum atomic E-state index is 13.0. The second kappa shape index (κ2) is 12.1. The highest BCUT2D eigenvalue weighted by molar-refractivity contribution is 6.30. The summed E-state index contributed by atoms with van der Waals surface area (Å²) in [6.45, 7) is 0.326. The predicted molar refractivity (Wildman–Crippen MR) is 153 cm³/mol. The summed E-state index contributed by atoms with van der Waals surface area (Å²) >= 11 is 5.94. The normalized spacial score (nSPS) is 10.9. The van der Waals surface area contributed by atoms with Crippen LogP contribution >= 0.6 is 11.6 Å². The van der Waals surface area contributed by atoms with Crippen LogP contribution in [0.3, 0.4) is 0 Å². The van der Waals surface area contributed by atoms with Crippen molar-refractivity contribution < 1.29 is 19.1 Å². The predicted octanol–water partition coefficient (Wildman–Crippen LogP) is 7.06. The van der Waals surface area contributed by atoms with Gasteiger partial charge in [-0.3, -0.25) is 4.79 Å². The number of rotatable bonds is 8. The van der Waals surface area contributed by atoms with E-state index in [0.29, 0.717) is 39.8 Å². The number of hydrogen-bond donors (Lipinski definition) is 1. The van der Waals surface area contributed by atoms with Crippen molar-refractivity contribution in [2.24, 2.45) is 5.10 Å². The van der Waals surface area contributed by atoms with Gasteiger partial charge in [-0.1, -0.05) is 84.4 Å². The average Bonchev–Trinajstić information content (AvgIpc) is 2.98. The van der Waals surface area contributed by atoms with E-state index in [1.165, 1.54) is 6.21 Å². The first-order valence-electron chi connectivity index (χ1n) is 12.2. The second-order valence-electron chi connectivity index (χ2n) is 8.56. The van der Waals surface area contributed by atoms with Gasteiger partial charge in [0.2, 0.25) is 0 Å². The number of para-hydroxylation sites is 1. The minimum atomic E-state index is -0.537. The van der Waals surface area contributed by atoms with Crippen LogP contribution < -0.4 is 14.9 Å². The number of carbonyl (C=O) groups excluding carboxylic acids is 2. The third kappa shape index (κ3) is 6.32. The zero-order valence-corrected chi connectivity index (χ0v) is 21.5. The van der Waals surface area contributed by atoms with E-state index in [1.807, 2.05) is 60.7 Å². The lowest BCUT2D eigenvalue weighted by Gasteiger charge is -2.11. The van der Waals surface area contributed by atoms with Gasteiger partial charge in [-0.15, -0.1) is 0 Å². The fourth-order valence-electron chi connectivity index (χ4n) is 3.97. The molecular formula is C32H23ClN2O4. The van der Waals surface area contributed by atoms with E-state index in [0.717, 1.165) is 16.3 Å². The van der Waals surface area contributed by atoms with E-state index >= 15 is 0 Å². The monoisotopic (exact) mass is 534 g/mol. The highest BCUT2D eigenvalue weighted by atomic mass is 35.5. The summed E-state index contributed by atoms with van der Waals surface area (Å²) < 4.78 is 11.6. The maximum absolute atomic E-state index is 13.0. The lowest BCUT2D eigenvalue weighted by atomic mass is 10.0. The number of benzene rings is 5. The van der Waals surface area contributed by atoms with Crippen LogP contribution in [0.25, 0.3) is 10.8 Å². The molecule has 39 heavy (non-hydrogen) atoms. The Kier molecular flexibility index (Phi) is 7.95. The third-order valence-corrected chi connectivity index (χ3v) is 6.19. The van der Waals surface area contributed by atoms with Crippen LogP contribution in [0.1, 0.15) is 31.8 Å². The summed E-state index contributed by atoms with van der Waals surface area (Å²) in [4.78, 5) is 25.8. The first kappa shape index (κ1) is 25.7. The molecule has 0 aromatic heterocycles. The van der Waals surface area contributed by atoms with Gasteiger partial charge in [0, 0.05) is 10.6 Å². The summed E-state index contributed by atoms with van der Waals surface area (Å²) in [5.74, 6) is -0.227. The lowest BCUT2D eigenvalue weighted by Crippen LogP contribution is -2.19. The van der Waals surface area contributed by atoms with Crippen LogP contribution in [0.15, 0.2) is 120 Å². The Balaban J connectivity index is 1.36. The van der Waals surface area contributed by atoms with Crippen LogP contribution in [0, 0.1) is 0 Å². The summed E-state index contributed by atoms with van der Waals surface area (Å²) in [6.07, 6.45) is 1.47. The van der Waals surface area contributed by atoms with Gasteiger partial charge in [0.1, 0.15) is 18.1 Å². The Labute approximate surface area is 230 Å². The Morgan fingerprint density at radius 1 is 0.769 bits per heavy atom. The van der Waals surface area contributed by atoms with E-state index in [1.54, 1.807) is 54.6 Å². The molecule has 0 spiro atoms. The number of amides is 1. The highest BCUT2D eigenvalue weighted by Gasteiger charge is 2.15. The molecule has 0 unspecified atom stereocenters. The second-order valence-corrected chi connectivity index (χ2v) is 9.00. The summed E-state index contributed by atoms with van der Waals surface area (Å²) in [5, 5.41) is 6.45. The number of hydrazone groups is 1. The molecule has 0 radical (unpaired) electrons. The van der Waals surface area contributed by atoms with Crippen LogP contribution in [-0.4, -0.2) is 18.1 Å². The van der Waals surface area contributed by atoms with Crippen molar-refractivity contribution in [3.63, 3.8) is 0 Å². The van der Waals surface area contributed by atoms with Crippen molar-refractivity contribution in [3.05, 3.63) is 143 Å². The number of nitrogens with zero attached hydrogens (tertiary/aromatic N) is 1. The molecule has 5 aromatic rings. The van der Waals surface area contributed by atoms with Crippen LogP contribution in [0.2, 0.25) is 5.02 Å². The zero-order valence-electron chi connectivity index (χ0n) is 20.7. The van der Waals surface area contributed by atoms with Crippen molar-refractivity contribution in [1.82, 2.24) is 5.43 Å². The Hall–Kier alpha value is -4.94. The number of esters is 1. The van der Waals surface area contributed by atoms with Gasteiger partial charge in [0.15, 0.2) is 0 Å². The van der Waals surface area contributed by atoms with E-state index in [9.17, 15) is 9.59 Å². The molecule has 7 heteroatoms. The smallest absolute Gasteiger partial charge is 0.343 e. The Morgan fingerprint density at radius 2 is 1.49 bits per heavy atom. The molecule has 0 atom stereocenters. The standard InChI is InChI=1S/C32H23ClN2O4/c33-25-17-14-24(15-18-25)32(37)39-30-19-16-23-10-4-5-11-26(23)28(30)20-34-35-31(36)27-12-6-7-13-29(27)38-21-22-8-2-1-3-9-22/h1-20H,21H2,(H,35,36). The molecular weight excluding hydrogens is 512 g/mol. The van der Waals surface area contributed by atoms with E-state index in [4.69, 9.17) is 21.1 Å². The van der Waals surface area contributed by atoms with Gasteiger partial charge >= 0.3 is 5.97 Å². The van der Waals surface area contributed by atoms with Crippen LogP contribution in [0.4, 0.5) is 0 Å². The minimum absolute atomic E-state index is 0.304. The molecule has 0 heterocycles. The maximum Gasteiger partial charge on any atom is 0.343 e. The van der Waals surface area contributed by atoms with Crippen molar-refractivity contribution in [2.45, 2.75) is 6.61 Å². The SMILES string of the molecule is O=C(Oc1ccc2ccccc2c1C=NNC(=O)c1ccccc1OCc1ccccc1)c1ccc(Cl)cc1. The van der Waals surface area contributed by atoms with Gasteiger partial charge in [0.05, 0.1) is 17.3 Å². The van der Waals surface area contributed by atoms with Crippen LogP contribution in [-0.2, 0) is 6.61 Å². The molecule has 0 bridgehead atoms. The molecule has 0 aliphatic carbocycles. The van der Waals surface area contributed by atoms with Crippen LogP contribution in [0.5, 0.6) is 11.5 Å². The number of nitrogens with one attached hydrogen (secondary N) is 1. The fourth-order valence-corrected chi connectivity index (χ4v) is 4.10. The first-order valence-corrected chi connectivity index (χ1v) is 12.5. The molecule has 192 valence electrons. The van der Waals surface area contributed by atoms with Gasteiger partial charge < -0.3 is 9.47 Å². The molecule has 0 saturated carbocycles. The van der Waals surface area contributed by atoms with Crippen molar-refractivity contribution in [2.75, 3.05) is 0 Å². The third-order valence-electron chi connectivity index (χ3n) is 5.94. The van der Waals surface area contributed by atoms with Gasteiger partial charge in [-0.05, 0) is 58.8 Å². The van der Waals surface area contributed by atoms with Crippen molar-refractivity contribution >= 4 is 40.5 Å². The summed E-state index contributed by atoms with van der Waals surface area (Å²) in [7, 11) is 0. The van der Waals surface area contributed by atoms with E-state index in [2.05, 4.69) is 10.5 Å². The zero-order chi connectivity index (χ0) is 27.0.